The second-order valence-corrected chi connectivity index (χ2v) is 5.46. The second-order valence-electron chi connectivity index (χ2n) is 5.46. The predicted molar refractivity (Wildman–Crippen MR) is 77.4 cm³/mol. The summed E-state index contributed by atoms with van der Waals surface area (Å²) in [5.41, 5.74) is 11.6. The molecule has 2 aromatic carbocycles. The molecule has 0 saturated heterocycles. The predicted octanol–water partition coefficient (Wildman–Crippen LogP) is 2.96. The zero-order valence-electron chi connectivity index (χ0n) is 11.4. The van der Waals surface area contributed by atoms with Crippen molar-refractivity contribution in [2.45, 2.75) is 25.3 Å². The second kappa shape index (κ2) is 4.39. The number of nitrogens with two attached hydrogens (primary N) is 1. The third-order valence-electron chi connectivity index (χ3n) is 4.10. The maximum Gasteiger partial charge on any atom is 0.119 e. The van der Waals surface area contributed by atoms with Crippen LogP contribution in [-0.4, -0.2) is 7.11 Å². The largest absolute Gasteiger partial charge is 0.497 e. The first kappa shape index (κ1) is 12.2. The Kier molecular flexibility index (Phi) is 2.83. The molecule has 0 amide bonds. The highest BCUT2D eigenvalue weighted by Crippen LogP contribution is 2.37. The molecule has 2 heteroatoms. The Labute approximate surface area is 114 Å². The SMILES string of the molecule is COc1ccc(C2(N)Cc3ccccc3C2)c(C)c1. The lowest BCUT2D eigenvalue weighted by Crippen LogP contribution is -2.38. The van der Waals surface area contributed by atoms with Crippen molar-refractivity contribution in [2.75, 3.05) is 7.11 Å². The number of hydrogen-bond donors (Lipinski definition) is 1. The minimum atomic E-state index is -0.278. The third-order valence-corrected chi connectivity index (χ3v) is 4.10. The van der Waals surface area contributed by atoms with Crippen molar-refractivity contribution in [3.63, 3.8) is 0 Å². The Balaban J connectivity index is 2.00. The van der Waals surface area contributed by atoms with Gasteiger partial charge in [0.15, 0.2) is 0 Å². The molecule has 0 heterocycles. The Hall–Kier alpha value is -1.80. The average Bonchev–Trinajstić information content (AvgIpc) is 2.75. The molecule has 0 saturated carbocycles. The van der Waals surface area contributed by atoms with Crippen molar-refractivity contribution >= 4 is 0 Å². The van der Waals surface area contributed by atoms with Crippen molar-refractivity contribution in [3.8, 4) is 5.75 Å². The number of methoxy groups -OCH3 is 1. The van der Waals surface area contributed by atoms with Crippen LogP contribution in [0, 0.1) is 6.92 Å². The van der Waals surface area contributed by atoms with Gasteiger partial charge in [0.25, 0.3) is 0 Å². The first-order valence-corrected chi connectivity index (χ1v) is 6.63. The average molecular weight is 253 g/mol. The number of rotatable bonds is 2. The van der Waals surface area contributed by atoms with Crippen molar-refractivity contribution in [1.82, 2.24) is 0 Å². The molecule has 0 unspecified atom stereocenters. The van der Waals surface area contributed by atoms with Crippen LogP contribution in [0.1, 0.15) is 22.3 Å². The quantitative estimate of drug-likeness (QED) is 0.893. The maximum absolute atomic E-state index is 6.68. The normalized spacial score (nSPS) is 16.2. The number of benzene rings is 2. The molecule has 0 spiro atoms. The summed E-state index contributed by atoms with van der Waals surface area (Å²) in [6.07, 6.45) is 1.83. The molecular formula is C17H19NO. The van der Waals surface area contributed by atoms with Gasteiger partial charge in [-0.15, -0.1) is 0 Å². The van der Waals surface area contributed by atoms with Gasteiger partial charge in [-0.25, -0.2) is 0 Å². The number of ether oxygens (including phenoxy) is 1. The van der Waals surface area contributed by atoms with Crippen LogP contribution in [0.5, 0.6) is 5.75 Å². The Morgan fingerprint density at radius 2 is 1.68 bits per heavy atom. The molecular weight excluding hydrogens is 234 g/mol. The molecule has 0 fully saturated rings. The molecule has 0 bridgehead atoms. The van der Waals surface area contributed by atoms with Crippen LogP contribution in [0.25, 0.3) is 0 Å². The van der Waals surface area contributed by atoms with E-state index in [1.165, 1.54) is 22.3 Å². The Bertz CT molecular complexity index is 593. The summed E-state index contributed by atoms with van der Waals surface area (Å²) >= 11 is 0. The van der Waals surface area contributed by atoms with E-state index in [-0.39, 0.29) is 5.54 Å². The van der Waals surface area contributed by atoms with Crippen LogP contribution in [0.4, 0.5) is 0 Å². The first-order chi connectivity index (χ1) is 9.12. The molecule has 2 N–H and O–H groups in total. The fourth-order valence-corrected chi connectivity index (χ4v) is 3.16. The van der Waals surface area contributed by atoms with Crippen LogP contribution in [0.15, 0.2) is 42.5 Å². The molecule has 2 aromatic rings. The van der Waals surface area contributed by atoms with E-state index in [1.54, 1.807) is 7.11 Å². The van der Waals surface area contributed by atoms with E-state index in [0.717, 1.165) is 18.6 Å². The van der Waals surface area contributed by atoms with Gasteiger partial charge in [-0.05, 0) is 54.2 Å². The smallest absolute Gasteiger partial charge is 0.119 e. The Morgan fingerprint density at radius 1 is 1.05 bits per heavy atom. The lowest BCUT2D eigenvalue weighted by atomic mass is 9.85. The van der Waals surface area contributed by atoms with Gasteiger partial charge < -0.3 is 10.5 Å². The summed E-state index contributed by atoms with van der Waals surface area (Å²) in [4.78, 5) is 0. The van der Waals surface area contributed by atoms with Gasteiger partial charge in [0.2, 0.25) is 0 Å². The molecule has 2 nitrogen and oxygen atoms in total. The van der Waals surface area contributed by atoms with E-state index in [9.17, 15) is 0 Å². The lowest BCUT2D eigenvalue weighted by molar-refractivity contribution is 0.412. The van der Waals surface area contributed by atoms with Crippen molar-refractivity contribution in [3.05, 3.63) is 64.7 Å². The number of fused-ring (bicyclic) bond motifs is 1. The zero-order valence-corrected chi connectivity index (χ0v) is 11.4. The van der Waals surface area contributed by atoms with Gasteiger partial charge in [0, 0.05) is 5.54 Å². The van der Waals surface area contributed by atoms with Crippen molar-refractivity contribution < 1.29 is 4.74 Å². The molecule has 98 valence electrons. The van der Waals surface area contributed by atoms with Gasteiger partial charge in [0.1, 0.15) is 5.75 Å². The van der Waals surface area contributed by atoms with E-state index >= 15 is 0 Å². The maximum atomic E-state index is 6.68. The highest BCUT2D eigenvalue weighted by Gasteiger charge is 2.35. The summed E-state index contributed by atoms with van der Waals surface area (Å²) in [6, 6.07) is 14.7. The molecule has 1 aliphatic carbocycles. The molecule has 0 atom stereocenters. The summed E-state index contributed by atoms with van der Waals surface area (Å²) in [5.74, 6) is 0.889. The molecule has 0 aliphatic heterocycles. The highest BCUT2D eigenvalue weighted by molar-refractivity contribution is 5.45. The minimum Gasteiger partial charge on any atom is -0.497 e. The molecule has 19 heavy (non-hydrogen) atoms. The van der Waals surface area contributed by atoms with E-state index < -0.39 is 0 Å². The van der Waals surface area contributed by atoms with Gasteiger partial charge in [-0.3, -0.25) is 0 Å². The van der Waals surface area contributed by atoms with E-state index in [4.69, 9.17) is 10.5 Å². The summed E-state index contributed by atoms with van der Waals surface area (Å²) < 4.78 is 5.27. The van der Waals surface area contributed by atoms with Crippen molar-refractivity contribution in [2.24, 2.45) is 5.73 Å². The van der Waals surface area contributed by atoms with Crippen LogP contribution in [0.3, 0.4) is 0 Å². The molecule has 0 aromatic heterocycles. The van der Waals surface area contributed by atoms with Gasteiger partial charge in [0.05, 0.1) is 7.11 Å². The molecule has 3 rings (SSSR count). The van der Waals surface area contributed by atoms with Crippen LogP contribution in [0.2, 0.25) is 0 Å². The van der Waals surface area contributed by atoms with Crippen LogP contribution < -0.4 is 10.5 Å². The third kappa shape index (κ3) is 2.02. The van der Waals surface area contributed by atoms with Gasteiger partial charge in [-0.2, -0.15) is 0 Å². The molecule has 0 radical (unpaired) electrons. The topological polar surface area (TPSA) is 35.2 Å². The summed E-state index contributed by atoms with van der Waals surface area (Å²) in [5, 5.41) is 0. The van der Waals surface area contributed by atoms with E-state index in [1.807, 2.05) is 6.07 Å². The van der Waals surface area contributed by atoms with E-state index in [0.29, 0.717) is 0 Å². The molecule has 1 aliphatic rings. The van der Waals surface area contributed by atoms with E-state index in [2.05, 4.69) is 43.3 Å². The lowest BCUT2D eigenvalue weighted by Gasteiger charge is -2.26. The number of aryl methyl sites for hydroxylation is 1. The monoisotopic (exact) mass is 253 g/mol. The fourth-order valence-electron chi connectivity index (χ4n) is 3.16. The zero-order chi connectivity index (χ0) is 13.5. The minimum absolute atomic E-state index is 0.278. The van der Waals surface area contributed by atoms with Gasteiger partial charge in [-0.1, -0.05) is 30.3 Å². The van der Waals surface area contributed by atoms with Crippen LogP contribution >= 0.6 is 0 Å². The summed E-state index contributed by atoms with van der Waals surface area (Å²) in [6.45, 7) is 2.11. The van der Waals surface area contributed by atoms with Crippen LogP contribution in [-0.2, 0) is 18.4 Å². The standard InChI is InChI=1S/C17H19NO/c1-12-9-15(19-2)7-8-16(12)17(18)10-13-5-3-4-6-14(13)11-17/h3-9H,10-11,18H2,1-2H3. The highest BCUT2D eigenvalue weighted by atomic mass is 16.5. The summed E-state index contributed by atoms with van der Waals surface area (Å²) in [7, 11) is 1.69. The fraction of sp³-hybridized carbons (Fsp3) is 0.294. The first-order valence-electron chi connectivity index (χ1n) is 6.63. The van der Waals surface area contributed by atoms with Crippen molar-refractivity contribution in [1.29, 1.82) is 0 Å². The number of hydrogen-bond acceptors (Lipinski definition) is 2. The van der Waals surface area contributed by atoms with Gasteiger partial charge >= 0.3 is 0 Å². The Morgan fingerprint density at radius 3 is 2.21 bits per heavy atom.